The summed E-state index contributed by atoms with van der Waals surface area (Å²) < 4.78 is 5.82. The van der Waals surface area contributed by atoms with E-state index in [0.29, 0.717) is 6.10 Å². The van der Waals surface area contributed by atoms with Crippen molar-refractivity contribution >= 4 is 0 Å². The van der Waals surface area contributed by atoms with Gasteiger partial charge >= 0.3 is 0 Å². The Hall–Kier alpha value is -1.09. The van der Waals surface area contributed by atoms with Crippen LogP contribution in [0.3, 0.4) is 0 Å². The van der Waals surface area contributed by atoms with Crippen LogP contribution in [0.25, 0.3) is 0 Å². The van der Waals surface area contributed by atoms with Crippen molar-refractivity contribution in [3.63, 3.8) is 0 Å². The van der Waals surface area contributed by atoms with Gasteiger partial charge in [-0.25, -0.2) is 0 Å². The van der Waals surface area contributed by atoms with Crippen LogP contribution in [0.4, 0.5) is 0 Å². The van der Waals surface area contributed by atoms with E-state index < -0.39 is 0 Å². The van der Waals surface area contributed by atoms with Gasteiger partial charge in [0, 0.05) is 17.7 Å². The molecular weight excluding hydrogens is 200 g/mol. The molecule has 0 radical (unpaired) electrons. The first-order valence-electron chi connectivity index (χ1n) is 5.89. The second-order valence-corrected chi connectivity index (χ2v) is 5.36. The molecule has 1 saturated heterocycles. The summed E-state index contributed by atoms with van der Waals surface area (Å²) in [5.74, 6) is 0.877. The highest BCUT2D eigenvalue weighted by Gasteiger charge is 2.17. The lowest BCUT2D eigenvalue weighted by Gasteiger charge is -2.18. The molecule has 0 aliphatic carbocycles. The quantitative estimate of drug-likeness (QED) is 0.829. The average molecular weight is 220 g/mol. The Kier molecular flexibility index (Phi) is 3.15. The predicted molar refractivity (Wildman–Crippen MR) is 64.8 cm³/mol. The lowest BCUT2D eigenvalue weighted by Crippen LogP contribution is -2.20. The Morgan fingerprint density at radius 1 is 1.38 bits per heavy atom. The monoisotopic (exact) mass is 220 g/mol. The van der Waals surface area contributed by atoms with Crippen molar-refractivity contribution < 1.29 is 4.74 Å². The minimum absolute atomic E-state index is 0.105. The van der Waals surface area contributed by atoms with Gasteiger partial charge in [-0.2, -0.15) is 0 Å². The van der Waals surface area contributed by atoms with Crippen molar-refractivity contribution in [2.75, 3.05) is 13.1 Å². The third kappa shape index (κ3) is 2.73. The van der Waals surface area contributed by atoms with Gasteiger partial charge in [0.25, 0.3) is 0 Å². The molecule has 1 aliphatic rings. The van der Waals surface area contributed by atoms with Crippen LogP contribution in [-0.2, 0) is 5.41 Å². The molecule has 2 heterocycles. The molecule has 0 saturated carbocycles. The molecule has 0 aromatic carbocycles. The first kappa shape index (κ1) is 11.4. The number of hydrogen-bond donors (Lipinski definition) is 1. The maximum atomic E-state index is 5.82. The highest BCUT2D eigenvalue weighted by Crippen LogP contribution is 2.22. The second kappa shape index (κ2) is 4.42. The van der Waals surface area contributed by atoms with E-state index in [-0.39, 0.29) is 5.41 Å². The van der Waals surface area contributed by atoms with Crippen LogP contribution >= 0.6 is 0 Å². The van der Waals surface area contributed by atoms with Crippen LogP contribution in [0.1, 0.15) is 32.9 Å². The van der Waals surface area contributed by atoms with Gasteiger partial charge < -0.3 is 10.1 Å². The summed E-state index contributed by atoms with van der Waals surface area (Å²) >= 11 is 0. The number of nitrogens with zero attached hydrogens (tertiary/aromatic N) is 1. The van der Waals surface area contributed by atoms with Crippen LogP contribution in [0.5, 0.6) is 5.75 Å². The SMILES string of the molecule is CC(C)(C)c1ccc(O[C@H]2CCNC2)cn1. The summed E-state index contributed by atoms with van der Waals surface area (Å²) in [4.78, 5) is 4.45. The summed E-state index contributed by atoms with van der Waals surface area (Å²) in [7, 11) is 0. The Labute approximate surface area is 97.2 Å². The summed E-state index contributed by atoms with van der Waals surface area (Å²) in [6.45, 7) is 8.49. The van der Waals surface area contributed by atoms with E-state index in [1.54, 1.807) is 0 Å². The van der Waals surface area contributed by atoms with Crippen molar-refractivity contribution in [2.24, 2.45) is 0 Å². The smallest absolute Gasteiger partial charge is 0.138 e. The highest BCUT2D eigenvalue weighted by molar-refractivity contribution is 5.23. The van der Waals surface area contributed by atoms with Crippen molar-refractivity contribution in [3.05, 3.63) is 24.0 Å². The van der Waals surface area contributed by atoms with E-state index in [1.807, 2.05) is 12.3 Å². The van der Waals surface area contributed by atoms with Crippen LogP contribution < -0.4 is 10.1 Å². The van der Waals surface area contributed by atoms with Crippen molar-refractivity contribution in [1.82, 2.24) is 10.3 Å². The normalized spacial score (nSPS) is 21.1. The largest absolute Gasteiger partial charge is 0.487 e. The van der Waals surface area contributed by atoms with Crippen LogP contribution in [0.2, 0.25) is 0 Å². The molecule has 0 bridgehead atoms. The van der Waals surface area contributed by atoms with Gasteiger partial charge in [0.1, 0.15) is 11.9 Å². The maximum Gasteiger partial charge on any atom is 0.138 e. The minimum atomic E-state index is 0.105. The van der Waals surface area contributed by atoms with Crippen LogP contribution in [-0.4, -0.2) is 24.2 Å². The van der Waals surface area contributed by atoms with Gasteiger partial charge in [0.15, 0.2) is 0 Å². The molecule has 1 fully saturated rings. The van der Waals surface area contributed by atoms with Gasteiger partial charge in [-0.15, -0.1) is 0 Å². The summed E-state index contributed by atoms with van der Waals surface area (Å²) in [5, 5.41) is 3.28. The Morgan fingerprint density at radius 2 is 2.19 bits per heavy atom. The number of ether oxygens (including phenoxy) is 1. The molecule has 0 unspecified atom stereocenters. The van der Waals surface area contributed by atoms with Gasteiger partial charge in [0.2, 0.25) is 0 Å². The lowest BCUT2D eigenvalue weighted by atomic mass is 9.92. The average Bonchev–Trinajstić information content (AvgIpc) is 2.70. The summed E-state index contributed by atoms with van der Waals surface area (Å²) in [6.07, 6.45) is 3.22. The second-order valence-electron chi connectivity index (χ2n) is 5.36. The number of hydrogen-bond acceptors (Lipinski definition) is 3. The first-order valence-corrected chi connectivity index (χ1v) is 5.89. The zero-order valence-electron chi connectivity index (χ0n) is 10.3. The molecule has 0 amide bonds. The molecule has 0 spiro atoms. The predicted octanol–water partition coefficient (Wildman–Crippen LogP) is 2.12. The molecule has 1 aromatic heterocycles. The molecule has 1 atom stereocenters. The molecule has 16 heavy (non-hydrogen) atoms. The Balaban J connectivity index is 2.01. The Bertz CT molecular complexity index is 334. The standard InChI is InChI=1S/C13H20N2O/c1-13(2,3)12-5-4-10(9-15-12)16-11-6-7-14-8-11/h4-5,9,11,14H,6-8H2,1-3H3/t11-/m0/s1. The zero-order chi connectivity index (χ0) is 11.6. The summed E-state index contributed by atoms with van der Waals surface area (Å²) in [6, 6.07) is 4.07. The molecule has 3 heteroatoms. The lowest BCUT2D eigenvalue weighted by molar-refractivity contribution is 0.222. The molecule has 1 N–H and O–H groups in total. The third-order valence-electron chi connectivity index (χ3n) is 2.82. The molecule has 2 rings (SSSR count). The van der Waals surface area contributed by atoms with Crippen LogP contribution in [0, 0.1) is 0 Å². The Morgan fingerprint density at radius 3 is 2.69 bits per heavy atom. The van der Waals surface area contributed by atoms with E-state index in [4.69, 9.17) is 4.74 Å². The number of pyridine rings is 1. The van der Waals surface area contributed by atoms with Gasteiger partial charge in [-0.05, 0) is 25.1 Å². The number of aromatic nitrogens is 1. The fourth-order valence-corrected chi connectivity index (χ4v) is 1.81. The van der Waals surface area contributed by atoms with Gasteiger partial charge in [-0.3, -0.25) is 4.98 Å². The van der Waals surface area contributed by atoms with Gasteiger partial charge in [-0.1, -0.05) is 20.8 Å². The fraction of sp³-hybridized carbons (Fsp3) is 0.615. The van der Waals surface area contributed by atoms with Crippen molar-refractivity contribution in [2.45, 2.75) is 38.7 Å². The molecule has 3 nitrogen and oxygen atoms in total. The van der Waals surface area contributed by atoms with Crippen LogP contribution in [0.15, 0.2) is 18.3 Å². The van der Waals surface area contributed by atoms with E-state index in [0.717, 1.165) is 31.0 Å². The number of rotatable bonds is 2. The summed E-state index contributed by atoms with van der Waals surface area (Å²) in [5.41, 5.74) is 1.21. The highest BCUT2D eigenvalue weighted by atomic mass is 16.5. The molecule has 1 aromatic rings. The van der Waals surface area contributed by atoms with E-state index in [2.05, 4.69) is 37.1 Å². The van der Waals surface area contributed by atoms with E-state index >= 15 is 0 Å². The third-order valence-corrected chi connectivity index (χ3v) is 2.82. The minimum Gasteiger partial charge on any atom is -0.487 e. The number of nitrogens with one attached hydrogen (secondary N) is 1. The van der Waals surface area contributed by atoms with E-state index in [9.17, 15) is 0 Å². The zero-order valence-corrected chi connectivity index (χ0v) is 10.3. The van der Waals surface area contributed by atoms with Crippen molar-refractivity contribution in [3.8, 4) is 5.75 Å². The first-order chi connectivity index (χ1) is 7.55. The maximum absolute atomic E-state index is 5.82. The van der Waals surface area contributed by atoms with E-state index in [1.165, 1.54) is 0 Å². The molecule has 88 valence electrons. The topological polar surface area (TPSA) is 34.1 Å². The van der Waals surface area contributed by atoms with Crippen molar-refractivity contribution in [1.29, 1.82) is 0 Å². The fourth-order valence-electron chi connectivity index (χ4n) is 1.81. The molecule has 1 aliphatic heterocycles. The van der Waals surface area contributed by atoms with Gasteiger partial charge in [0.05, 0.1) is 6.20 Å². The molecular formula is C13H20N2O.